The Morgan fingerprint density at radius 2 is 0.933 bits per heavy atom. The number of ether oxygens (including phenoxy) is 5. The van der Waals surface area contributed by atoms with Crippen LogP contribution in [0.15, 0.2) is 121 Å². The molecule has 5 atom stereocenters. The highest BCUT2D eigenvalue weighted by atomic mass is 28.3. The van der Waals surface area contributed by atoms with Crippen LogP contribution in [0.4, 0.5) is 0 Å². The average molecular weight is 621 g/mol. The molecule has 5 rings (SSSR count). The Bertz CT molecular complexity index is 1470. The molecule has 0 amide bonds. The molecule has 0 aromatic heterocycles. The first-order valence-electron chi connectivity index (χ1n) is 15.7. The van der Waals surface area contributed by atoms with Gasteiger partial charge < -0.3 is 23.7 Å². The Kier molecular flexibility index (Phi) is 12.2. The fourth-order valence-electron chi connectivity index (χ4n) is 5.19. The van der Waals surface area contributed by atoms with E-state index in [2.05, 4.69) is 79.6 Å². The summed E-state index contributed by atoms with van der Waals surface area (Å²) in [6.45, 7) is 8.73. The van der Waals surface area contributed by atoms with Crippen molar-refractivity contribution in [3.63, 3.8) is 0 Å². The summed E-state index contributed by atoms with van der Waals surface area (Å²) in [5.74, 6) is 3.48. The summed E-state index contributed by atoms with van der Waals surface area (Å²) in [6, 6.07) is 40.7. The molecule has 6 heteroatoms. The first-order chi connectivity index (χ1) is 21.9. The SMILES string of the molecule is C[Si](C)(C)C#C[C@H]1O[C@H](COCc2ccccc2)[C@@H](OCc2ccccc2)[C@H](OCc2ccccc2)[C@H]1OCc1ccccc1. The van der Waals surface area contributed by atoms with Crippen molar-refractivity contribution < 1.29 is 23.7 Å². The van der Waals surface area contributed by atoms with Gasteiger partial charge in [0.25, 0.3) is 0 Å². The van der Waals surface area contributed by atoms with Gasteiger partial charge in [0.1, 0.15) is 38.6 Å². The van der Waals surface area contributed by atoms with E-state index in [1.165, 1.54) is 0 Å². The van der Waals surface area contributed by atoms with Gasteiger partial charge in [-0.05, 0) is 22.3 Å². The molecule has 0 spiro atoms. The molecule has 0 radical (unpaired) electrons. The second-order valence-corrected chi connectivity index (χ2v) is 17.1. The zero-order valence-corrected chi connectivity index (χ0v) is 27.5. The van der Waals surface area contributed by atoms with Crippen molar-refractivity contribution in [1.29, 1.82) is 0 Å². The predicted octanol–water partition coefficient (Wildman–Crippen LogP) is 7.61. The number of benzene rings is 4. The van der Waals surface area contributed by atoms with Gasteiger partial charge in [-0.2, -0.15) is 0 Å². The fourth-order valence-corrected chi connectivity index (χ4v) is 5.77. The lowest BCUT2D eigenvalue weighted by molar-refractivity contribution is -0.261. The van der Waals surface area contributed by atoms with E-state index in [4.69, 9.17) is 23.7 Å². The van der Waals surface area contributed by atoms with Crippen LogP contribution in [0.3, 0.4) is 0 Å². The van der Waals surface area contributed by atoms with Crippen LogP contribution < -0.4 is 0 Å². The Labute approximate surface area is 269 Å². The molecule has 0 bridgehead atoms. The average Bonchev–Trinajstić information content (AvgIpc) is 3.06. The van der Waals surface area contributed by atoms with Crippen molar-refractivity contribution in [2.75, 3.05) is 6.61 Å². The molecule has 1 saturated heterocycles. The Balaban J connectivity index is 1.46. The Morgan fingerprint density at radius 3 is 1.38 bits per heavy atom. The Hall–Kier alpha value is -3.54. The first kappa shape index (κ1) is 32.8. The standard InChI is InChI=1S/C39H44O5Si/c1-45(2,3)25-24-35-37(41-27-32-18-10-5-11-19-32)39(43-29-34-22-14-7-15-23-34)38(42-28-33-20-12-6-13-21-33)36(44-35)30-40-26-31-16-8-4-9-17-31/h4-23,35-39H,26-30H2,1-3H3/t35-,36-,37+,38-,39-/m1/s1. The van der Waals surface area contributed by atoms with Crippen molar-refractivity contribution in [2.24, 2.45) is 0 Å². The Morgan fingerprint density at radius 1 is 0.533 bits per heavy atom. The molecule has 45 heavy (non-hydrogen) atoms. The lowest BCUT2D eigenvalue weighted by atomic mass is 9.94. The molecule has 5 nitrogen and oxygen atoms in total. The minimum absolute atomic E-state index is 0.329. The van der Waals surface area contributed by atoms with E-state index in [1.54, 1.807) is 0 Å². The van der Waals surface area contributed by atoms with Crippen LogP contribution >= 0.6 is 0 Å². The molecule has 1 aliphatic rings. The van der Waals surface area contributed by atoms with Gasteiger partial charge in [0, 0.05) is 0 Å². The summed E-state index contributed by atoms with van der Waals surface area (Å²) in [4.78, 5) is 0. The van der Waals surface area contributed by atoms with Crippen LogP contribution in [0.1, 0.15) is 22.3 Å². The molecule has 4 aromatic rings. The van der Waals surface area contributed by atoms with Crippen LogP contribution in [-0.4, -0.2) is 45.2 Å². The van der Waals surface area contributed by atoms with Crippen molar-refractivity contribution in [3.05, 3.63) is 144 Å². The van der Waals surface area contributed by atoms with Crippen molar-refractivity contribution in [2.45, 2.75) is 76.6 Å². The molecular formula is C39H44O5Si. The van der Waals surface area contributed by atoms with Gasteiger partial charge in [0.15, 0.2) is 0 Å². The molecule has 0 N–H and O–H groups in total. The van der Waals surface area contributed by atoms with Crippen LogP contribution in [0.5, 0.6) is 0 Å². The highest BCUT2D eigenvalue weighted by Crippen LogP contribution is 2.31. The minimum atomic E-state index is -1.72. The third kappa shape index (κ3) is 10.5. The van der Waals surface area contributed by atoms with E-state index in [0.29, 0.717) is 33.0 Å². The zero-order valence-electron chi connectivity index (χ0n) is 26.5. The lowest BCUT2D eigenvalue weighted by Crippen LogP contribution is -2.61. The van der Waals surface area contributed by atoms with Gasteiger partial charge in [-0.25, -0.2) is 0 Å². The molecule has 1 aliphatic heterocycles. The van der Waals surface area contributed by atoms with Crippen molar-refractivity contribution in [1.82, 2.24) is 0 Å². The third-order valence-corrected chi connectivity index (χ3v) is 8.37. The molecule has 0 saturated carbocycles. The number of rotatable bonds is 13. The van der Waals surface area contributed by atoms with Crippen molar-refractivity contribution >= 4 is 8.07 Å². The molecule has 234 valence electrons. The van der Waals surface area contributed by atoms with Gasteiger partial charge >= 0.3 is 0 Å². The van der Waals surface area contributed by atoms with E-state index in [0.717, 1.165) is 22.3 Å². The summed E-state index contributed by atoms with van der Waals surface area (Å²) in [5.41, 5.74) is 7.87. The van der Waals surface area contributed by atoms with Gasteiger partial charge in [-0.3, -0.25) is 0 Å². The van der Waals surface area contributed by atoms with Crippen LogP contribution in [0, 0.1) is 11.5 Å². The molecule has 0 aliphatic carbocycles. The van der Waals surface area contributed by atoms with Crippen LogP contribution in [0.2, 0.25) is 19.6 Å². The van der Waals surface area contributed by atoms with Crippen molar-refractivity contribution in [3.8, 4) is 11.5 Å². The van der Waals surface area contributed by atoms with E-state index in [9.17, 15) is 0 Å². The van der Waals surface area contributed by atoms with E-state index in [1.807, 2.05) is 72.8 Å². The number of hydrogen-bond acceptors (Lipinski definition) is 5. The summed E-state index contributed by atoms with van der Waals surface area (Å²) >= 11 is 0. The highest BCUT2D eigenvalue weighted by molar-refractivity contribution is 6.83. The maximum absolute atomic E-state index is 6.80. The molecule has 1 heterocycles. The lowest BCUT2D eigenvalue weighted by Gasteiger charge is -2.45. The summed E-state index contributed by atoms with van der Waals surface area (Å²) in [5, 5.41) is 0. The molecule has 0 unspecified atom stereocenters. The van der Waals surface area contributed by atoms with E-state index >= 15 is 0 Å². The number of hydrogen-bond donors (Lipinski definition) is 0. The largest absolute Gasteiger partial charge is 0.374 e. The van der Waals surface area contributed by atoms with Crippen LogP contribution in [-0.2, 0) is 50.1 Å². The molecule has 1 fully saturated rings. The zero-order chi connectivity index (χ0) is 31.3. The van der Waals surface area contributed by atoms with Gasteiger partial charge in [-0.1, -0.05) is 147 Å². The molecule has 4 aromatic carbocycles. The second kappa shape index (κ2) is 16.7. The topological polar surface area (TPSA) is 46.2 Å². The van der Waals surface area contributed by atoms with Gasteiger partial charge in [0.2, 0.25) is 0 Å². The van der Waals surface area contributed by atoms with E-state index in [-0.39, 0.29) is 0 Å². The minimum Gasteiger partial charge on any atom is -0.374 e. The van der Waals surface area contributed by atoms with Crippen LogP contribution in [0.25, 0.3) is 0 Å². The maximum Gasteiger partial charge on any atom is 0.146 e. The quantitative estimate of drug-likeness (QED) is 0.114. The third-order valence-electron chi connectivity index (χ3n) is 7.47. The van der Waals surface area contributed by atoms with E-state index < -0.39 is 38.6 Å². The van der Waals surface area contributed by atoms with Gasteiger partial charge in [-0.15, -0.1) is 5.54 Å². The summed E-state index contributed by atoms with van der Waals surface area (Å²) in [7, 11) is -1.72. The summed E-state index contributed by atoms with van der Waals surface area (Å²) < 4.78 is 33.3. The normalized spacial score (nSPS) is 21.5. The fraction of sp³-hybridized carbons (Fsp3) is 0.333. The van der Waals surface area contributed by atoms with Gasteiger partial charge in [0.05, 0.1) is 33.0 Å². The maximum atomic E-state index is 6.80. The molecular weight excluding hydrogens is 577 g/mol. The smallest absolute Gasteiger partial charge is 0.146 e. The summed E-state index contributed by atoms with van der Waals surface area (Å²) in [6.07, 6.45) is -2.34. The second-order valence-electron chi connectivity index (χ2n) is 12.4. The highest BCUT2D eigenvalue weighted by Gasteiger charge is 2.48. The predicted molar refractivity (Wildman–Crippen MR) is 181 cm³/mol. The monoisotopic (exact) mass is 620 g/mol. The first-order valence-corrected chi connectivity index (χ1v) is 19.2.